The smallest absolute Gasteiger partial charge is 0.550 e. The second-order valence-electron chi connectivity index (χ2n) is 1.50. The van der Waals surface area contributed by atoms with Gasteiger partial charge in [-0.15, -0.1) is 0 Å². The minimum Gasteiger partial charge on any atom is -0.550 e. The van der Waals surface area contributed by atoms with Gasteiger partial charge in [-0.25, -0.2) is 0 Å². The molecule has 0 fully saturated rings. The van der Waals surface area contributed by atoms with Gasteiger partial charge in [0.05, 0.1) is 0 Å². The first-order valence-electron chi connectivity index (χ1n) is 2.94. The molecule has 0 aliphatic heterocycles. The Bertz CT molecular complexity index is 117. The Balaban J connectivity index is -0.0000000298. The van der Waals surface area contributed by atoms with Crippen LogP contribution in [0.2, 0.25) is 0 Å². The number of aliphatic carboxylic acids is 3. The van der Waals surface area contributed by atoms with E-state index in [0.29, 0.717) is 0 Å². The molecular weight excluding hydrogens is 265 g/mol. The molecule has 0 aromatic heterocycles. The molecule has 0 aromatic carbocycles. The summed E-state index contributed by atoms with van der Waals surface area (Å²) in [7, 11) is 0. The van der Waals surface area contributed by atoms with Crippen LogP contribution in [0.5, 0.6) is 0 Å². The molecule has 15 heavy (non-hydrogen) atoms. The zero-order valence-electron chi connectivity index (χ0n) is 8.59. The Morgan fingerprint density at radius 2 is 0.867 bits per heavy atom. The first-order valence-corrected chi connectivity index (χ1v) is 2.94. The molecule has 0 aliphatic carbocycles. The van der Waals surface area contributed by atoms with Gasteiger partial charge >= 0.3 is 19.5 Å². The monoisotopic (exact) mass is 276 g/mol. The molecule has 0 aromatic rings. The van der Waals surface area contributed by atoms with Gasteiger partial charge in [-0.1, -0.05) is 0 Å². The zero-order valence-corrected chi connectivity index (χ0v) is 11.6. The minimum atomic E-state index is -1.08. The summed E-state index contributed by atoms with van der Waals surface area (Å²) in [5.41, 5.74) is 0. The molecule has 3 N–H and O–H groups in total. The van der Waals surface area contributed by atoms with E-state index < -0.39 is 17.9 Å². The van der Waals surface area contributed by atoms with Crippen LogP contribution in [-0.4, -0.2) is 33.5 Å². The van der Waals surface area contributed by atoms with Crippen LogP contribution in [0.25, 0.3) is 0 Å². The third kappa shape index (κ3) is 1420. The van der Waals surface area contributed by atoms with Crippen molar-refractivity contribution in [3.63, 3.8) is 0 Å². The molecule has 0 amide bonds. The first kappa shape index (κ1) is 29.2. The van der Waals surface area contributed by atoms with E-state index >= 15 is 0 Å². The van der Waals surface area contributed by atoms with Crippen LogP contribution in [0, 0.1) is 0 Å². The average molecular weight is 278 g/mol. The van der Waals surface area contributed by atoms with Crippen LogP contribution in [0.1, 0.15) is 20.8 Å². The molecule has 0 radical (unpaired) electrons. The van der Waals surface area contributed by atoms with Crippen LogP contribution in [0.15, 0.2) is 0 Å². The molecule has 0 bridgehead atoms. The fourth-order valence-electron chi connectivity index (χ4n) is 0. The van der Waals surface area contributed by atoms with Crippen molar-refractivity contribution in [2.75, 3.05) is 0 Å². The van der Waals surface area contributed by atoms with E-state index in [1.54, 1.807) is 0 Å². The maximum atomic E-state index is 9.00. The molecule has 0 rings (SSSR count). The molecule has 0 unspecified atom stereocenters. The zero-order chi connectivity index (χ0) is 12.7. The molecule has 0 heterocycles. The summed E-state index contributed by atoms with van der Waals surface area (Å²) >= 11 is 0. The van der Waals surface area contributed by atoms with Crippen molar-refractivity contribution in [3.05, 3.63) is 0 Å². The van der Waals surface area contributed by atoms with Gasteiger partial charge in [0, 0.05) is 18.9 Å². The SMILES string of the molecule is CC(=O)O.CC(=O)[O-].CC(=O)[O-].OO.[Zn+2]. The van der Waals surface area contributed by atoms with E-state index in [1.807, 2.05) is 0 Å². The Labute approximate surface area is 98.8 Å². The molecule has 86 valence electrons. The third-order valence-electron chi connectivity index (χ3n) is 0. The summed E-state index contributed by atoms with van der Waals surface area (Å²) in [5, 5.41) is 37.2. The fourth-order valence-corrected chi connectivity index (χ4v) is 0. The summed E-state index contributed by atoms with van der Waals surface area (Å²) in [4.78, 5) is 26.8. The van der Waals surface area contributed by atoms with Gasteiger partial charge in [-0.3, -0.25) is 15.3 Å². The van der Waals surface area contributed by atoms with Crippen molar-refractivity contribution in [2.24, 2.45) is 0 Å². The van der Waals surface area contributed by atoms with Gasteiger partial charge in [0.25, 0.3) is 5.97 Å². The molecule has 8 nitrogen and oxygen atoms in total. The first-order chi connectivity index (χ1) is 6.20. The predicted molar refractivity (Wildman–Crippen MR) is 39.9 cm³/mol. The van der Waals surface area contributed by atoms with E-state index in [2.05, 4.69) is 0 Å². The molecule has 0 saturated carbocycles. The van der Waals surface area contributed by atoms with Crippen LogP contribution in [0.4, 0.5) is 0 Å². The maximum absolute atomic E-state index is 9.00. The van der Waals surface area contributed by atoms with Crippen LogP contribution in [-0.2, 0) is 33.9 Å². The van der Waals surface area contributed by atoms with E-state index in [0.717, 1.165) is 20.8 Å². The second-order valence-corrected chi connectivity index (χ2v) is 1.50. The van der Waals surface area contributed by atoms with Crippen molar-refractivity contribution >= 4 is 17.9 Å². The molecule has 0 atom stereocenters. The predicted octanol–water partition coefficient (Wildman–Crippen LogP) is -2.38. The summed E-state index contributed by atoms with van der Waals surface area (Å²) in [6, 6.07) is 0. The van der Waals surface area contributed by atoms with Crippen LogP contribution < -0.4 is 10.2 Å². The summed E-state index contributed by atoms with van der Waals surface area (Å²) < 4.78 is 0. The molecule has 0 aliphatic rings. The number of hydrogen-bond donors (Lipinski definition) is 3. The number of rotatable bonds is 0. The normalized spacial score (nSPS) is 5.40. The molecule has 9 heteroatoms. The van der Waals surface area contributed by atoms with E-state index in [9.17, 15) is 0 Å². The molecular formula is C6H12O8Zn. The van der Waals surface area contributed by atoms with Gasteiger partial charge in [-0.2, -0.15) is 0 Å². The van der Waals surface area contributed by atoms with Gasteiger partial charge in [0.1, 0.15) is 0 Å². The summed E-state index contributed by atoms with van der Waals surface area (Å²) in [6.07, 6.45) is 0. The van der Waals surface area contributed by atoms with Crippen molar-refractivity contribution in [1.29, 1.82) is 0 Å². The van der Waals surface area contributed by atoms with Crippen molar-refractivity contribution in [2.45, 2.75) is 20.8 Å². The summed E-state index contributed by atoms with van der Waals surface area (Å²) in [5.74, 6) is -3.00. The van der Waals surface area contributed by atoms with Crippen molar-refractivity contribution in [1.82, 2.24) is 0 Å². The Morgan fingerprint density at radius 1 is 0.867 bits per heavy atom. The second kappa shape index (κ2) is 29.3. The van der Waals surface area contributed by atoms with Gasteiger partial charge in [-0.05, 0) is 13.8 Å². The van der Waals surface area contributed by atoms with Crippen LogP contribution >= 0.6 is 0 Å². The number of carbonyl (C=O) groups is 3. The van der Waals surface area contributed by atoms with Gasteiger partial charge in [0.2, 0.25) is 0 Å². The quantitative estimate of drug-likeness (QED) is 0.251. The van der Waals surface area contributed by atoms with Crippen LogP contribution in [0.3, 0.4) is 0 Å². The average Bonchev–Trinajstić information content (AvgIpc) is 1.86. The largest absolute Gasteiger partial charge is 2.00 e. The Kier molecular flexibility index (Phi) is 57.0. The maximum Gasteiger partial charge on any atom is 2.00 e. The van der Waals surface area contributed by atoms with Gasteiger partial charge in [0.15, 0.2) is 0 Å². The number of carboxylic acid groups (broad SMARTS) is 3. The topological polar surface area (TPSA) is 158 Å². The van der Waals surface area contributed by atoms with Crippen molar-refractivity contribution < 1.29 is 59.7 Å². The molecule has 0 spiro atoms. The fraction of sp³-hybridized carbons (Fsp3) is 0.500. The summed E-state index contributed by atoms with van der Waals surface area (Å²) in [6.45, 7) is 3.03. The number of hydrogen-bond acceptors (Lipinski definition) is 7. The third-order valence-corrected chi connectivity index (χ3v) is 0. The number of carboxylic acids is 3. The Hall–Kier alpha value is -1.05. The standard InChI is InChI=1S/3C2H4O2.H2O2.Zn/c3*1-2(3)4;1-2;/h3*1H3,(H,3,4);1-2H;/q;;;;+2/p-2. The Morgan fingerprint density at radius 3 is 0.867 bits per heavy atom. The molecule has 0 saturated heterocycles. The number of carbonyl (C=O) groups excluding carboxylic acids is 2. The van der Waals surface area contributed by atoms with E-state index in [-0.39, 0.29) is 19.5 Å². The van der Waals surface area contributed by atoms with Crippen molar-refractivity contribution in [3.8, 4) is 0 Å². The van der Waals surface area contributed by atoms with E-state index in [4.69, 9.17) is 40.2 Å². The van der Waals surface area contributed by atoms with Gasteiger partial charge < -0.3 is 24.9 Å². The van der Waals surface area contributed by atoms with E-state index in [1.165, 1.54) is 0 Å². The minimum absolute atomic E-state index is 0.